The van der Waals surface area contributed by atoms with Crippen LogP contribution in [-0.2, 0) is 4.79 Å². The molecule has 0 aliphatic carbocycles. The molecule has 9 heteroatoms. The zero-order valence-electron chi connectivity index (χ0n) is 16.2. The normalized spacial score (nSPS) is 10.9. The van der Waals surface area contributed by atoms with Gasteiger partial charge in [0.2, 0.25) is 5.91 Å². The van der Waals surface area contributed by atoms with E-state index < -0.39 is 6.04 Å². The molecule has 1 heterocycles. The van der Waals surface area contributed by atoms with Crippen molar-refractivity contribution in [3.63, 3.8) is 0 Å². The van der Waals surface area contributed by atoms with Gasteiger partial charge in [0.1, 0.15) is 17.2 Å². The lowest BCUT2D eigenvalue weighted by Crippen LogP contribution is -2.39. The third-order valence-corrected chi connectivity index (χ3v) is 3.90. The van der Waals surface area contributed by atoms with Crippen LogP contribution in [0.15, 0.2) is 36.5 Å². The predicted octanol–water partition coefficient (Wildman–Crippen LogP) is 3.31. The van der Waals surface area contributed by atoms with E-state index >= 15 is 0 Å². The van der Waals surface area contributed by atoms with Gasteiger partial charge in [-0.05, 0) is 30.5 Å². The van der Waals surface area contributed by atoms with Crippen molar-refractivity contribution < 1.29 is 14.3 Å². The van der Waals surface area contributed by atoms with Gasteiger partial charge in [0.05, 0.1) is 6.04 Å². The number of anilines is 1. The minimum Gasteiger partial charge on any atom is -0.457 e. The van der Waals surface area contributed by atoms with Gasteiger partial charge in [-0.3, -0.25) is 14.6 Å². The number of carbonyl (C=O) groups excluding carboxylic acids is 2. The van der Waals surface area contributed by atoms with E-state index in [4.69, 9.17) is 10.5 Å². The highest BCUT2D eigenvalue weighted by molar-refractivity contribution is 5.95. The van der Waals surface area contributed by atoms with Crippen molar-refractivity contribution in [2.24, 2.45) is 11.7 Å². The highest BCUT2D eigenvalue weighted by Gasteiger charge is 2.17. The Labute approximate surface area is 177 Å². The maximum absolute atomic E-state index is 12.1. The van der Waals surface area contributed by atoms with Crippen molar-refractivity contribution >= 4 is 42.3 Å². The van der Waals surface area contributed by atoms with E-state index in [1.165, 1.54) is 13.2 Å². The number of benzene rings is 1. The van der Waals surface area contributed by atoms with Crippen LogP contribution in [0.1, 0.15) is 29.9 Å². The van der Waals surface area contributed by atoms with E-state index in [1.54, 1.807) is 24.3 Å². The number of hydrogen-bond acceptors (Lipinski definition) is 5. The predicted molar refractivity (Wildman–Crippen MR) is 115 cm³/mol. The Kier molecular flexibility index (Phi) is 10.5. The van der Waals surface area contributed by atoms with Crippen molar-refractivity contribution in [1.82, 2.24) is 10.3 Å². The van der Waals surface area contributed by atoms with Crippen molar-refractivity contribution in [2.45, 2.75) is 26.8 Å². The molecule has 0 aliphatic heterocycles. The fourth-order valence-electron chi connectivity index (χ4n) is 2.17. The van der Waals surface area contributed by atoms with E-state index in [-0.39, 0.29) is 48.2 Å². The molecule has 2 aromatic rings. The van der Waals surface area contributed by atoms with Gasteiger partial charge in [-0.2, -0.15) is 0 Å². The summed E-state index contributed by atoms with van der Waals surface area (Å²) < 4.78 is 5.87. The molecular formula is C19H26Cl2N4O3. The van der Waals surface area contributed by atoms with Crippen LogP contribution < -0.4 is 21.1 Å². The second-order valence-corrected chi connectivity index (χ2v) is 6.30. The first kappa shape index (κ1) is 25.6. The number of aromatic nitrogens is 1. The molecule has 7 nitrogen and oxygen atoms in total. The van der Waals surface area contributed by atoms with Crippen LogP contribution in [0.2, 0.25) is 0 Å². The van der Waals surface area contributed by atoms with Gasteiger partial charge in [0, 0.05) is 31.1 Å². The summed E-state index contributed by atoms with van der Waals surface area (Å²) in [6.45, 7) is 5.67. The number of nitrogens with one attached hydrogen (secondary N) is 2. The zero-order valence-corrected chi connectivity index (χ0v) is 17.8. The Balaban J connectivity index is 0.00000364. The first-order chi connectivity index (χ1) is 12.3. The van der Waals surface area contributed by atoms with Gasteiger partial charge in [-0.15, -0.1) is 24.8 Å². The number of rotatable bonds is 6. The van der Waals surface area contributed by atoms with E-state index in [0.717, 1.165) is 5.56 Å². The molecule has 0 fully saturated rings. The van der Waals surface area contributed by atoms with Crippen molar-refractivity contribution in [3.8, 4) is 11.5 Å². The monoisotopic (exact) mass is 428 g/mol. The summed E-state index contributed by atoms with van der Waals surface area (Å²) in [5, 5.41) is 5.31. The number of amides is 2. The molecule has 2 rings (SSSR count). The average Bonchev–Trinajstić information content (AvgIpc) is 2.63. The molecule has 1 atom stereocenters. The summed E-state index contributed by atoms with van der Waals surface area (Å²) in [6.07, 6.45) is 1.50. The largest absolute Gasteiger partial charge is 0.457 e. The van der Waals surface area contributed by atoms with Crippen LogP contribution in [0.5, 0.6) is 11.5 Å². The highest BCUT2D eigenvalue weighted by atomic mass is 35.5. The summed E-state index contributed by atoms with van der Waals surface area (Å²) >= 11 is 0. The minimum atomic E-state index is -0.587. The molecule has 1 aromatic carbocycles. The second-order valence-electron chi connectivity index (χ2n) is 6.30. The first-order valence-corrected chi connectivity index (χ1v) is 8.35. The molecule has 4 N–H and O–H groups in total. The number of nitrogens with zero attached hydrogens (tertiary/aromatic N) is 1. The maximum Gasteiger partial charge on any atom is 0.269 e. The lowest BCUT2D eigenvalue weighted by atomic mass is 10.0. The summed E-state index contributed by atoms with van der Waals surface area (Å²) in [5.74, 6) is 0.534. The van der Waals surface area contributed by atoms with Gasteiger partial charge in [-0.25, -0.2) is 0 Å². The molecule has 0 saturated heterocycles. The Morgan fingerprint density at radius 3 is 2.43 bits per heavy atom. The lowest BCUT2D eigenvalue weighted by Gasteiger charge is -2.16. The van der Waals surface area contributed by atoms with Crippen molar-refractivity contribution in [2.75, 3.05) is 12.4 Å². The first-order valence-electron chi connectivity index (χ1n) is 8.35. The second kappa shape index (κ2) is 11.5. The Hall–Kier alpha value is -2.35. The van der Waals surface area contributed by atoms with E-state index in [0.29, 0.717) is 17.2 Å². The van der Waals surface area contributed by atoms with E-state index in [9.17, 15) is 9.59 Å². The summed E-state index contributed by atoms with van der Waals surface area (Å²) in [7, 11) is 1.54. The number of aryl methyl sites for hydroxylation is 1. The molecule has 0 saturated carbocycles. The third kappa shape index (κ3) is 6.67. The quantitative estimate of drug-likeness (QED) is 0.653. The lowest BCUT2D eigenvalue weighted by molar-refractivity contribution is -0.118. The molecule has 0 radical (unpaired) electrons. The summed E-state index contributed by atoms with van der Waals surface area (Å²) in [4.78, 5) is 27.8. The van der Waals surface area contributed by atoms with Crippen LogP contribution in [0.25, 0.3) is 0 Å². The van der Waals surface area contributed by atoms with Gasteiger partial charge < -0.3 is 21.1 Å². The standard InChI is InChI=1S/C19H24N4O3.2ClH/c1-11(2)17(20)19(25)23-13-6-5-12(3)16(9-13)26-14-7-8-22-15(10-14)18(24)21-4;;/h5-11,17H,20H2,1-4H3,(H,21,24)(H,23,25);2*1H/t17-;;/m0../s1. The maximum atomic E-state index is 12.1. The Bertz CT molecular complexity index is 816. The van der Waals surface area contributed by atoms with Gasteiger partial charge >= 0.3 is 0 Å². The van der Waals surface area contributed by atoms with Gasteiger partial charge in [0.25, 0.3) is 5.91 Å². The number of pyridine rings is 1. The van der Waals surface area contributed by atoms with Gasteiger partial charge in [0.15, 0.2) is 0 Å². The molecule has 2 amide bonds. The molecule has 0 spiro atoms. The number of halogens is 2. The Morgan fingerprint density at radius 2 is 1.82 bits per heavy atom. The highest BCUT2D eigenvalue weighted by Crippen LogP contribution is 2.28. The van der Waals surface area contributed by atoms with Crippen LogP contribution >= 0.6 is 24.8 Å². The summed E-state index contributed by atoms with van der Waals surface area (Å²) in [6, 6.07) is 7.98. The molecule has 0 unspecified atom stereocenters. The SMILES string of the molecule is CNC(=O)c1cc(Oc2cc(NC(=O)[C@@H](N)C(C)C)ccc2C)ccn1.Cl.Cl. The van der Waals surface area contributed by atoms with Crippen LogP contribution in [0.3, 0.4) is 0 Å². The van der Waals surface area contributed by atoms with E-state index in [1.807, 2.05) is 26.8 Å². The number of carbonyl (C=O) groups is 2. The minimum absolute atomic E-state index is 0. The van der Waals surface area contributed by atoms with Crippen molar-refractivity contribution in [3.05, 3.63) is 47.8 Å². The molecule has 0 bridgehead atoms. The van der Waals surface area contributed by atoms with Crippen molar-refractivity contribution in [1.29, 1.82) is 0 Å². The molecule has 1 aromatic heterocycles. The fourth-order valence-corrected chi connectivity index (χ4v) is 2.17. The molecule has 154 valence electrons. The fraction of sp³-hybridized carbons (Fsp3) is 0.316. The molecular weight excluding hydrogens is 403 g/mol. The van der Waals surface area contributed by atoms with Crippen LogP contribution in [0, 0.1) is 12.8 Å². The smallest absolute Gasteiger partial charge is 0.269 e. The average molecular weight is 429 g/mol. The zero-order chi connectivity index (χ0) is 19.3. The van der Waals surface area contributed by atoms with Crippen LogP contribution in [0.4, 0.5) is 5.69 Å². The molecule has 0 aliphatic rings. The molecule has 28 heavy (non-hydrogen) atoms. The van der Waals surface area contributed by atoms with Crippen LogP contribution in [-0.4, -0.2) is 29.9 Å². The topological polar surface area (TPSA) is 106 Å². The number of ether oxygens (including phenoxy) is 1. The number of nitrogens with two attached hydrogens (primary N) is 1. The van der Waals surface area contributed by atoms with E-state index in [2.05, 4.69) is 15.6 Å². The summed E-state index contributed by atoms with van der Waals surface area (Å²) in [5.41, 5.74) is 7.60. The van der Waals surface area contributed by atoms with Gasteiger partial charge in [-0.1, -0.05) is 19.9 Å². The number of hydrogen-bond donors (Lipinski definition) is 3. The Morgan fingerprint density at radius 1 is 1.14 bits per heavy atom. The third-order valence-electron chi connectivity index (χ3n) is 3.90.